The number of benzene rings is 2. The molecule has 0 radical (unpaired) electrons. The van der Waals surface area contributed by atoms with Gasteiger partial charge in [0.1, 0.15) is 0 Å². The fourth-order valence-electron chi connectivity index (χ4n) is 2.45. The largest absolute Gasteiger partial charge is 0.359 e. The Kier molecular flexibility index (Phi) is 4.52. The van der Waals surface area contributed by atoms with Crippen molar-refractivity contribution in [3.8, 4) is 22.4 Å². The number of rotatable bonds is 5. The van der Waals surface area contributed by atoms with Crippen LogP contribution in [0.25, 0.3) is 22.4 Å². The lowest BCUT2D eigenvalue weighted by atomic mass is 10.0. The average molecular weight is 305 g/mol. The Balaban J connectivity index is 1.73. The number of imidazole rings is 1. The fraction of sp³-hybridized carbons (Fsp3) is 0.158. The molecule has 3 aromatic rings. The summed E-state index contributed by atoms with van der Waals surface area (Å²) in [6.45, 7) is 0.634. The van der Waals surface area contributed by atoms with Crippen molar-refractivity contribution in [3.63, 3.8) is 0 Å². The quantitative estimate of drug-likeness (QED) is 0.786. The highest BCUT2D eigenvalue weighted by Gasteiger charge is 2.05. The molecule has 0 saturated heterocycles. The first-order valence-electron chi connectivity index (χ1n) is 7.64. The van der Waals surface area contributed by atoms with Crippen LogP contribution in [0.2, 0.25) is 0 Å². The Morgan fingerprint density at radius 1 is 1.00 bits per heavy atom. The van der Waals surface area contributed by atoms with Crippen LogP contribution in [0.3, 0.4) is 0 Å². The van der Waals surface area contributed by atoms with Crippen LogP contribution in [0.4, 0.5) is 0 Å². The van der Waals surface area contributed by atoms with Crippen molar-refractivity contribution >= 4 is 5.91 Å². The molecule has 4 nitrogen and oxygen atoms in total. The lowest BCUT2D eigenvalue weighted by molar-refractivity contribution is -0.120. The minimum atomic E-state index is 0.0347. The Labute approximate surface area is 135 Å². The number of amides is 1. The summed E-state index contributed by atoms with van der Waals surface area (Å²) in [6, 6.07) is 18.7. The smallest absolute Gasteiger partial charge is 0.221 e. The first kappa shape index (κ1) is 15.0. The zero-order valence-corrected chi connectivity index (χ0v) is 13.1. The molecular weight excluding hydrogens is 286 g/mol. The Morgan fingerprint density at radius 2 is 1.65 bits per heavy atom. The van der Waals surface area contributed by atoms with Crippen molar-refractivity contribution in [3.05, 3.63) is 67.1 Å². The van der Waals surface area contributed by atoms with Crippen LogP contribution in [-0.2, 0) is 11.3 Å². The molecule has 23 heavy (non-hydrogen) atoms. The maximum absolute atomic E-state index is 11.3. The zero-order chi connectivity index (χ0) is 16.1. The van der Waals surface area contributed by atoms with Gasteiger partial charge in [0.25, 0.3) is 0 Å². The van der Waals surface area contributed by atoms with Crippen molar-refractivity contribution in [2.75, 3.05) is 7.05 Å². The van der Waals surface area contributed by atoms with Crippen LogP contribution in [0.15, 0.2) is 67.1 Å². The predicted molar refractivity (Wildman–Crippen MR) is 91.8 cm³/mol. The predicted octanol–water partition coefficient (Wildman–Crippen LogP) is 3.35. The van der Waals surface area contributed by atoms with E-state index in [1.165, 1.54) is 11.1 Å². The molecule has 1 N–H and O–H groups in total. The first-order chi connectivity index (χ1) is 11.3. The third-order valence-corrected chi connectivity index (χ3v) is 3.80. The minimum absolute atomic E-state index is 0.0347. The standard InChI is InChI=1S/C19H19N3O/c1-20-19(23)11-12-22-13-18(21-14-22)17-9-7-16(8-10-17)15-5-3-2-4-6-15/h2-10,13-14H,11-12H2,1H3,(H,20,23). The summed E-state index contributed by atoms with van der Waals surface area (Å²) in [5.74, 6) is 0.0347. The molecule has 0 aliphatic rings. The van der Waals surface area contributed by atoms with Gasteiger partial charge in [0, 0.05) is 31.8 Å². The van der Waals surface area contributed by atoms with E-state index in [0.29, 0.717) is 13.0 Å². The SMILES string of the molecule is CNC(=O)CCn1cnc(-c2ccc(-c3ccccc3)cc2)c1. The number of aromatic nitrogens is 2. The molecule has 3 rings (SSSR count). The fourth-order valence-corrected chi connectivity index (χ4v) is 2.45. The van der Waals surface area contributed by atoms with Crippen LogP contribution in [-0.4, -0.2) is 22.5 Å². The van der Waals surface area contributed by atoms with Gasteiger partial charge >= 0.3 is 0 Å². The summed E-state index contributed by atoms with van der Waals surface area (Å²) in [5.41, 5.74) is 4.38. The van der Waals surface area contributed by atoms with E-state index >= 15 is 0 Å². The lowest BCUT2D eigenvalue weighted by Crippen LogP contribution is -2.19. The second-order valence-electron chi connectivity index (χ2n) is 5.36. The summed E-state index contributed by atoms with van der Waals surface area (Å²) in [4.78, 5) is 15.7. The molecular formula is C19H19N3O. The van der Waals surface area contributed by atoms with Crippen LogP contribution in [0.5, 0.6) is 0 Å². The van der Waals surface area contributed by atoms with Gasteiger partial charge in [-0.1, -0.05) is 54.6 Å². The highest BCUT2D eigenvalue weighted by molar-refractivity contribution is 5.75. The van der Waals surface area contributed by atoms with Gasteiger partial charge in [0.15, 0.2) is 0 Å². The van der Waals surface area contributed by atoms with Crippen molar-refractivity contribution in [2.45, 2.75) is 13.0 Å². The third kappa shape index (κ3) is 3.66. The second kappa shape index (κ2) is 6.92. The summed E-state index contributed by atoms with van der Waals surface area (Å²) < 4.78 is 1.94. The molecule has 0 fully saturated rings. The monoisotopic (exact) mass is 305 g/mol. The van der Waals surface area contributed by atoms with Crippen molar-refractivity contribution in [1.29, 1.82) is 0 Å². The maximum atomic E-state index is 11.3. The van der Waals surface area contributed by atoms with Crippen LogP contribution >= 0.6 is 0 Å². The van der Waals surface area contributed by atoms with Crippen LogP contribution in [0, 0.1) is 0 Å². The second-order valence-corrected chi connectivity index (χ2v) is 5.36. The first-order valence-corrected chi connectivity index (χ1v) is 7.64. The number of aryl methyl sites for hydroxylation is 1. The summed E-state index contributed by atoms with van der Waals surface area (Å²) in [6.07, 6.45) is 4.20. The maximum Gasteiger partial charge on any atom is 0.221 e. The topological polar surface area (TPSA) is 46.9 Å². The van der Waals surface area contributed by atoms with E-state index in [2.05, 4.69) is 46.7 Å². The number of hydrogen-bond donors (Lipinski definition) is 1. The molecule has 1 amide bonds. The normalized spacial score (nSPS) is 10.5. The van der Waals surface area contributed by atoms with Gasteiger partial charge in [-0.15, -0.1) is 0 Å². The van der Waals surface area contributed by atoms with Crippen molar-refractivity contribution < 1.29 is 4.79 Å². The third-order valence-electron chi connectivity index (χ3n) is 3.80. The van der Waals surface area contributed by atoms with E-state index in [9.17, 15) is 4.79 Å². The molecule has 0 saturated carbocycles. The molecule has 1 aromatic heterocycles. The highest BCUT2D eigenvalue weighted by Crippen LogP contribution is 2.23. The van der Waals surface area contributed by atoms with Gasteiger partial charge in [-0.25, -0.2) is 4.98 Å². The molecule has 0 spiro atoms. The van der Waals surface area contributed by atoms with E-state index in [4.69, 9.17) is 0 Å². The lowest BCUT2D eigenvalue weighted by Gasteiger charge is -2.03. The van der Waals surface area contributed by atoms with Crippen LogP contribution in [0.1, 0.15) is 6.42 Å². The number of nitrogens with zero attached hydrogens (tertiary/aromatic N) is 2. The molecule has 116 valence electrons. The van der Waals surface area contributed by atoms with Gasteiger partial charge in [0.05, 0.1) is 12.0 Å². The van der Waals surface area contributed by atoms with Gasteiger partial charge in [-0.05, 0) is 11.1 Å². The summed E-state index contributed by atoms with van der Waals surface area (Å²) in [5, 5.41) is 2.62. The van der Waals surface area contributed by atoms with Crippen molar-refractivity contribution in [1.82, 2.24) is 14.9 Å². The molecule has 0 atom stereocenters. The number of carbonyl (C=O) groups excluding carboxylic acids is 1. The van der Waals surface area contributed by atoms with E-state index < -0.39 is 0 Å². The Morgan fingerprint density at radius 3 is 2.35 bits per heavy atom. The van der Waals surface area contributed by atoms with E-state index in [0.717, 1.165) is 11.3 Å². The molecule has 0 aliphatic heterocycles. The van der Waals surface area contributed by atoms with E-state index in [-0.39, 0.29) is 5.91 Å². The van der Waals surface area contributed by atoms with E-state index in [1.807, 2.05) is 29.0 Å². The van der Waals surface area contributed by atoms with E-state index in [1.54, 1.807) is 13.4 Å². The zero-order valence-electron chi connectivity index (χ0n) is 13.1. The molecule has 1 heterocycles. The van der Waals surface area contributed by atoms with Gasteiger partial charge < -0.3 is 9.88 Å². The minimum Gasteiger partial charge on any atom is -0.359 e. The molecule has 0 aliphatic carbocycles. The number of hydrogen-bond acceptors (Lipinski definition) is 2. The van der Waals surface area contributed by atoms with Crippen molar-refractivity contribution in [2.24, 2.45) is 0 Å². The Bertz CT molecular complexity index is 776. The van der Waals surface area contributed by atoms with Gasteiger partial charge in [-0.3, -0.25) is 4.79 Å². The highest BCUT2D eigenvalue weighted by atomic mass is 16.1. The molecule has 0 unspecified atom stereocenters. The number of carbonyl (C=O) groups is 1. The summed E-state index contributed by atoms with van der Waals surface area (Å²) >= 11 is 0. The Hall–Kier alpha value is -2.88. The average Bonchev–Trinajstić information content (AvgIpc) is 3.09. The number of nitrogens with one attached hydrogen (secondary N) is 1. The van der Waals surface area contributed by atoms with Gasteiger partial charge in [-0.2, -0.15) is 0 Å². The molecule has 0 bridgehead atoms. The molecule has 4 heteroatoms. The molecule has 2 aromatic carbocycles. The summed E-state index contributed by atoms with van der Waals surface area (Å²) in [7, 11) is 1.65. The van der Waals surface area contributed by atoms with Crippen LogP contribution < -0.4 is 5.32 Å². The van der Waals surface area contributed by atoms with Gasteiger partial charge in [0.2, 0.25) is 5.91 Å².